The predicted molar refractivity (Wildman–Crippen MR) is 40.7 cm³/mol. The maximum atomic E-state index is 10.8. The van der Waals surface area contributed by atoms with Crippen molar-refractivity contribution < 1.29 is 9.90 Å². The first-order chi connectivity index (χ1) is 4.66. The van der Waals surface area contributed by atoms with Crippen LogP contribution in [0.2, 0.25) is 0 Å². The molecule has 0 rings (SSSR count). The topological polar surface area (TPSA) is 37.3 Å². The van der Waals surface area contributed by atoms with Crippen LogP contribution in [-0.2, 0) is 4.79 Å². The van der Waals surface area contributed by atoms with Crippen molar-refractivity contribution >= 4 is 5.78 Å². The lowest BCUT2D eigenvalue weighted by Gasteiger charge is -1.97. The van der Waals surface area contributed by atoms with Crippen LogP contribution < -0.4 is 0 Å². The SMILES string of the molecule is CC/C=C/C(=O)CC(C)O. The Balaban J connectivity index is 3.54. The molecule has 0 bridgehead atoms. The van der Waals surface area contributed by atoms with Crippen molar-refractivity contribution in [2.75, 3.05) is 0 Å². The van der Waals surface area contributed by atoms with E-state index in [9.17, 15) is 4.79 Å². The number of aliphatic hydroxyl groups is 1. The highest BCUT2D eigenvalue weighted by atomic mass is 16.3. The Morgan fingerprint density at radius 3 is 2.70 bits per heavy atom. The molecule has 0 aliphatic carbocycles. The van der Waals surface area contributed by atoms with Gasteiger partial charge in [0.2, 0.25) is 0 Å². The molecule has 0 fully saturated rings. The third-order valence-corrected chi connectivity index (χ3v) is 1.04. The average Bonchev–Trinajstić information content (AvgIpc) is 1.82. The Morgan fingerprint density at radius 1 is 1.70 bits per heavy atom. The first-order valence-corrected chi connectivity index (χ1v) is 3.54. The van der Waals surface area contributed by atoms with E-state index in [1.54, 1.807) is 13.0 Å². The molecular weight excluding hydrogens is 128 g/mol. The molecule has 2 nitrogen and oxygen atoms in total. The van der Waals surface area contributed by atoms with Crippen molar-refractivity contribution in [1.82, 2.24) is 0 Å². The zero-order valence-corrected chi connectivity index (χ0v) is 6.50. The van der Waals surface area contributed by atoms with Crippen molar-refractivity contribution in [3.63, 3.8) is 0 Å². The number of allylic oxidation sites excluding steroid dienone is 2. The standard InChI is InChI=1S/C8H14O2/c1-3-4-5-8(10)6-7(2)9/h4-5,7,9H,3,6H2,1-2H3/b5-4+. The van der Waals surface area contributed by atoms with Gasteiger partial charge in [-0.05, 0) is 19.4 Å². The molecule has 0 amide bonds. The van der Waals surface area contributed by atoms with E-state index in [4.69, 9.17) is 5.11 Å². The van der Waals surface area contributed by atoms with Gasteiger partial charge in [0.1, 0.15) is 0 Å². The smallest absolute Gasteiger partial charge is 0.157 e. The van der Waals surface area contributed by atoms with E-state index < -0.39 is 6.10 Å². The zero-order valence-electron chi connectivity index (χ0n) is 6.50. The number of hydrogen-bond acceptors (Lipinski definition) is 2. The van der Waals surface area contributed by atoms with Crippen LogP contribution in [0.3, 0.4) is 0 Å². The maximum Gasteiger partial charge on any atom is 0.157 e. The molecule has 58 valence electrons. The Labute approximate surface area is 61.6 Å². The van der Waals surface area contributed by atoms with Crippen molar-refractivity contribution in [1.29, 1.82) is 0 Å². The van der Waals surface area contributed by atoms with Gasteiger partial charge in [-0.1, -0.05) is 13.0 Å². The second kappa shape index (κ2) is 5.18. The van der Waals surface area contributed by atoms with Gasteiger partial charge in [-0.25, -0.2) is 0 Å². The predicted octanol–water partition coefficient (Wildman–Crippen LogP) is 1.29. The number of aliphatic hydroxyl groups excluding tert-OH is 1. The molecule has 0 aromatic carbocycles. The Hall–Kier alpha value is -0.630. The fourth-order valence-corrected chi connectivity index (χ4v) is 0.608. The van der Waals surface area contributed by atoms with Crippen LogP contribution in [0.4, 0.5) is 0 Å². The molecule has 2 heteroatoms. The molecule has 1 atom stereocenters. The summed E-state index contributed by atoms with van der Waals surface area (Å²) in [4.78, 5) is 10.8. The minimum atomic E-state index is -0.519. The number of hydrogen-bond donors (Lipinski definition) is 1. The van der Waals surface area contributed by atoms with Crippen molar-refractivity contribution in [3.05, 3.63) is 12.2 Å². The summed E-state index contributed by atoms with van der Waals surface area (Å²) in [7, 11) is 0. The Bertz CT molecular complexity index is 125. The molecule has 0 saturated carbocycles. The lowest BCUT2D eigenvalue weighted by molar-refractivity contribution is -0.116. The molecule has 0 saturated heterocycles. The molecule has 10 heavy (non-hydrogen) atoms. The minimum Gasteiger partial charge on any atom is -0.393 e. The first-order valence-electron chi connectivity index (χ1n) is 3.54. The van der Waals surface area contributed by atoms with E-state index in [-0.39, 0.29) is 12.2 Å². The summed E-state index contributed by atoms with van der Waals surface area (Å²) in [5.41, 5.74) is 0. The van der Waals surface area contributed by atoms with Crippen LogP contribution in [-0.4, -0.2) is 17.0 Å². The van der Waals surface area contributed by atoms with E-state index in [0.717, 1.165) is 6.42 Å². The van der Waals surface area contributed by atoms with Gasteiger partial charge in [0.05, 0.1) is 6.10 Å². The lowest BCUT2D eigenvalue weighted by atomic mass is 10.2. The molecule has 0 aromatic heterocycles. The normalized spacial score (nSPS) is 13.9. The van der Waals surface area contributed by atoms with Crippen molar-refractivity contribution in [3.8, 4) is 0 Å². The highest BCUT2D eigenvalue weighted by molar-refractivity contribution is 5.89. The zero-order chi connectivity index (χ0) is 7.98. The Morgan fingerprint density at radius 2 is 2.30 bits per heavy atom. The summed E-state index contributed by atoms with van der Waals surface area (Å²) in [6, 6.07) is 0. The first kappa shape index (κ1) is 9.37. The molecule has 0 aromatic rings. The minimum absolute atomic E-state index is 0.00292. The monoisotopic (exact) mass is 142 g/mol. The number of carbonyl (C=O) groups excluding carboxylic acids is 1. The fourth-order valence-electron chi connectivity index (χ4n) is 0.608. The van der Waals surface area contributed by atoms with E-state index in [0.29, 0.717) is 0 Å². The Kier molecular flexibility index (Phi) is 4.85. The molecule has 1 unspecified atom stereocenters. The van der Waals surface area contributed by atoms with Crippen LogP contribution in [0.1, 0.15) is 26.7 Å². The van der Waals surface area contributed by atoms with Crippen LogP contribution in [0, 0.1) is 0 Å². The van der Waals surface area contributed by atoms with Crippen LogP contribution in [0.5, 0.6) is 0 Å². The van der Waals surface area contributed by atoms with Gasteiger partial charge >= 0.3 is 0 Å². The second-order valence-corrected chi connectivity index (χ2v) is 2.33. The highest BCUT2D eigenvalue weighted by Gasteiger charge is 2.00. The second-order valence-electron chi connectivity index (χ2n) is 2.33. The average molecular weight is 142 g/mol. The molecule has 1 N–H and O–H groups in total. The molecule has 0 radical (unpaired) electrons. The third-order valence-electron chi connectivity index (χ3n) is 1.04. The summed E-state index contributed by atoms with van der Waals surface area (Å²) in [6.07, 6.45) is 3.90. The van der Waals surface area contributed by atoms with Crippen LogP contribution >= 0.6 is 0 Å². The highest BCUT2D eigenvalue weighted by Crippen LogP contribution is 1.92. The summed E-state index contributed by atoms with van der Waals surface area (Å²) >= 11 is 0. The van der Waals surface area contributed by atoms with Gasteiger partial charge in [0.25, 0.3) is 0 Å². The number of rotatable bonds is 4. The summed E-state index contributed by atoms with van der Waals surface area (Å²) < 4.78 is 0. The van der Waals surface area contributed by atoms with Gasteiger partial charge < -0.3 is 5.11 Å². The van der Waals surface area contributed by atoms with E-state index in [1.165, 1.54) is 6.08 Å². The fraction of sp³-hybridized carbons (Fsp3) is 0.625. The van der Waals surface area contributed by atoms with E-state index in [2.05, 4.69) is 0 Å². The van der Waals surface area contributed by atoms with Gasteiger partial charge in [-0.3, -0.25) is 4.79 Å². The van der Waals surface area contributed by atoms with Gasteiger partial charge in [-0.2, -0.15) is 0 Å². The van der Waals surface area contributed by atoms with E-state index >= 15 is 0 Å². The van der Waals surface area contributed by atoms with E-state index in [1.807, 2.05) is 6.92 Å². The van der Waals surface area contributed by atoms with Gasteiger partial charge in [0.15, 0.2) is 5.78 Å². The van der Waals surface area contributed by atoms with Gasteiger partial charge in [0, 0.05) is 6.42 Å². The molecular formula is C8H14O2. The summed E-state index contributed by atoms with van der Waals surface area (Å²) in [5, 5.41) is 8.77. The van der Waals surface area contributed by atoms with Crippen molar-refractivity contribution in [2.45, 2.75) is 32.8 Å². The molecule has 0 aliphatic heterocycles. The lowest BCUT2D eigenvalue weighted by Crippen LogP contribution is -2.06. The van der Waals surface area contributed by atoms with Crippen molar-refractivity contribution in [2.24, 2.45) is 0 Å². The number of ketones is 1. The summed E-state index contributed by atoms with van der Waals surface area (Å²) in [6.45, 7) is 3.57. The maximum absolute atomic E-state index is 10.8. The summed E-state index contributed by atoms with van der Waals surface area (Å²) in [5.74, 6) is -0.00292. The third kappa shape index (κ3) is 5.51. The number of carbonyl (C=O) groups is 1. The molecule has 0 heterocycles. The quantitative estimate of drug-likeness (QED) is 0.600. The molecule has 0 aliphatic rings. The van der Waals surface area contributed by atoms with Gasteiger partial charge in [-0.15, -0.1) is 0 Å². The molecule has 0 spiro atoms. The van der Waals surface area contributed by atoms with Crippen LogP contribution in [0.25, 0.3) is 0 Å². The van der Waals surface area contributed by atoms with Crippen LogP contribution in [0.15, 0.2) is 12.2 Å². The largest absolute Gasteiger partial charge is 0.393 e.